The highest BCUT2D eigenvalue weighted by Crippen LogP contribution is 2.26. The van der Waals surface area contributed by atoms with Crippen LogP contribution in [0.4, 0.5) is 16.2 Å². The molecule has 0 saturated carbocycles. The van der Waals surface area contributed by atoms with E-state index in [0.717, 1.165) is 27.5 Å². The smallest absolute Gasteiger partial charge is 0.326 e. The van der Waals surface area contributed by atoms with E-state index in [1.165, 1.54) is 0 Å². The number of aryl methyl sites for hydroxylation is 3. The molecule has 0 saturated heterocycles. The summed E-state index contributed by atoms with van der Waals surface area (Å²) in [5.41, 5.74) is 3.75. The molecule has 1 atom stereocenters. The van der Waals surface area contributed by atoms with Crippen LogP contribution in [-0.4, -0.2) is 41.6 Å². The molecule has 0 aliphatic carbocycles. The highest BCUT2D eigenvalue weighted by Gasteiger charge is 2.26. The van der Waals surface area contributed by atoms with E-state index in [1.807, 2.05) is 45.0 Å². The molecule has 0 fully saturated rings. The number of anilines is 2. The Labute approximate surface area is 208 Å². The summed E-state index contributed by atoms with van der Waals surface area (Å²) in [6, 6.07) is 12.3. The van der Waals surface area contributed by atoms with Crippen molar-refractivity contribution >= 4 is 46.0 Å². The minimum Gasteiger partial charge on any atom is -0.480 e. The van der Waals surface area contributed by atoms with Gasteiger partial charge in [0.05, 0.1) is 24.3 Å². The van der Waals surface area contributed by atoms with E-state index in [0.29, 0.717) is 5.69 Å². The number of fused-ring (bicyclic) bond motifs is 1. The number of urea groups is 1. The van der Waals surface area contributed by atoms with E-state index in [-0.39, 0.29) is 17.9 Å². The molecule has 4 N–H and O–H groups in total. The first-order chi connectivity index (χ1) is 17.1. The van der Waals surface area contributed by atoms with Gasteiger partial charge in [0.15, 0.2) is 0 Å². The van der Waals surface area contributed by atoms with Crippen molar-refractivity contribution in [2.45, 2.75) is 40.2 Å². The molecular formula is C27H29N3O6. The zero-order valence-electron chi connectivity index (χ0n) is 20.6. The average Bonchev–Trinajstić information content (AvgIpc) is 2.80. The summed E-state index contributed by atoms with van der Waals surface area (Å²) >= 11 is 0. The minimum absolute atomic E-state index is 0.0521. The van der Waals surface area contributed by atoms with Crippen molar-refractivity contribution in [3.05, 3.63) is 70.8 Å². The molecule has 188 valence electrons. The lowest BCUT2D eigenvalue weighted by molar-refractivity contribution is -0.149. The van der Waals surface area contributed by atoms with Crippen LogP contribution in [0.2, 0.25) is 0 Å². The van der Waals surface area contributed by atoms with Gasteiger partial charge in [-0.05, 0) is 61.7 Å². The van der Waals surface area contributed by atoms with E-state index in [2.05, 4.69) is 16.0 Å². The molecule has 0 aliphatic heterocycles. The Morgan fingerprint density at radius 3 is 2.11 bits per heavy atom. The molecule has 3 amide bonds. The lowest BCUT2D eigenvalue weighted by atomic mass is 10.0. The molecule has 36 heavy (non-hydrogen) atoms. The summed E-state index contributed by atoms with van der Waals surface area (Å²) in [5.74, 6) is -2.88. The number of hydrogen-bond donors (Lipinski definition) is 4. The Balaban J connectivity index is 1.91. The lowest BCUT2D eigenvalue weighted by Gasteiger charge is -2.18. The number of ether oxygens (including phenoxy) is 1. The van der Waals surface area contributed by atoms with Crippen LogP contribution >= 0.6 is 0 Å². The minimum atomic E-state index is -1.50. The largest absolute Gasteiger partial charge is 0.480 e. The van der Waals surface area contributed by atoms with Gasteiger partial charge in [0.1, 0.15) is 6.04 Å². The number of carboxylic acid groups (broad SMARTS) is 1. The SMILES string of the molecule is CCOC(=O)C[C@H](NC(=O)c1cc2ccccc2cc1NC(=O)Nc1c(C)cc(C)cc1C)C(=O)O. The molecule has 3 rings (SSSR count). The first-order valence-corrected chi connectivity index (χ1v) is 11.5. The summed E-state index contributed by atoms with van der Waals surface area (Å²) in [7, 11) is 0. The number of carbonyl (C=O) groups excluding carboxylic acids is 3. The third kappa shape index (κ3) is 6.38. The summed E-state index contributed by atoms with van der Waals surface area (Å²) in [6.07, 6.45) is -0.530. The van der Waals surface area contributed by atoms with Crippen molar-refractivity contribution in [3.8, 4) is 0 Å². The van der Waals surface area contributed by atoms with Crippen LogP contribution in [0.1, 0.15) is 40.4 Å². The molecule has 0 bridgehead atoms. The zero-order chi connectivity index (χ0) is 26.4. The molecule has 0 aliphatic rings. The Morgan fingerprint density at radius 2 is 1.53 bits per heavy atom. The van der Waals surface area contributed by atoms with Crippen LogP contribution in [0.15, 0.2) is 48.5 Å². The molecule has 9 nitrogen and oxygen atoms in total. The van der Waals surface area contributed by atoms with Gasteiger partial charge >= 0.3 is 18.0 Å². The Hall–Kier alpha value is -4.40. The van der Waals surface area contributed by atoms with E-state index in [1.54, 1.807) is 31.2 Å². The van der Waals surface area contributed by atoms with E-state index < -0.39 is 36.3 Å². The second-order valence-electron chi connectivity index (χ2n) is 8.47. The van der Waals surface area contributed by atoms with Gasteiger partial charge < -0.3 is 25.8 Å². The fraction of sp³-hybridized carbons (Fsp3) is 0.259. The Morgan fingerprint density at radius 1 is 0.917 bits per heavy atom. The second kappa shape index (κ2) is 11.4. The molecule has 3 aromatic rings. The molecule has 0 radical (unpaired) electrons. The molecule has 9 heteroatoms. The van der Waals surface area contributed by atoms with E-state index in [4.69, 9.17) is 4.74 Å². The van der Waals surface area contributed by atoms with Crippen LogP contribution in [0.5, 0.6) is 0 Å². The van der Waals surface area contributed by atoms with Crippen molar-refractivity contribution in [2.75, 3.05) is 17.2 Å². The van der Waals surface area contributed by atoms with Crippen molar-refractivity contribution in [1.29, 1.82) is 0 Å². The Kier molecular flexibility index (Phi) is 8.26. The fourth-order valence-corrected chi connectivity index (χ4v) is 4.00. The number of amides is 3. The third-order valence-corrected chi connectivity index (χ3v) is 5.57. The van der Waals surface area contributed by atoms with Gasteiger partial charge in [-0.3, -0.25) is 9.59 Å². The van der Waals surface area contributed by atoms with E-state index in [9.17, 15) is 24.3 Å². The predicted octanol–water partition coefficient (Wildman–Crippen LogP) is 4.55. The average molecular weight is 492 g/mol. The maximum Gasteiger partial charge on any atom is 0.326 e. The Bertz CT molecular complexity index is 1310. The molecule has 3 aromatic carbocycles. The van der Waals surface area contributed by atoms with Gasteiger partial charge in [0.2, 0.25) is 0 Å². The van der Waals surface area contributed by atoms with Crippen LogP contribution in [-0.2, 0) is 14.3 Å². The van der Waals surface area contributed by atoms with Gasteiger partial charge in [-0.2, -0.15) is 0 Å². The number of nitrogens with one attached hydrogen (secondary N) is 3. The maximum absolute atomic E-state index is 13.2. The number of esters is 1. The number of rotatable bonds is 8. The van der Waals surface area contributed by atoms with Gasteiger partial charge in [-0.25, -0.2) is 9.59 Å². The number of hydrogen-bond acceptors (Lipinski definition) is 5. The summed E-state index contributed by atoms with van der Waals surface area (Å²) in [4.78, 5) is 49.6. The summed E-state index contributed by atoms with van der Waals surface area (Å²) < 4.78 is 4.81. The number of aliphatic carboxylic acids is 1. The maximum atomic E-state index is 13.2. The third-order valence-electron chi connectivity index (χ3n) is 5.57. The van der Waals surface area contributed by atoms with Crippen molar-refractivity contribution < 1.29 is 29.0 Å². The summed E-state index contributed by atoms with van der Waals surface area (Å²) in [6.45, 7) is 7.44. The fourth-order valence-electron chi connectivity index (χ4n) is 4.00. The van der Waals surface area contributed by atoms with Crippen LogP contribution in [0.3, 0.4) is 0 Å². The van der Waals surface area contributed by atoms with Crippen molar-refractivity contribution in [1.82, 2.24) is 5.32 Å². The first kappa shape index (κ1) is 26.2. The van der Waals surface area contributed by atoms with Crippen molar-refractivity contribution in [3.63, 3.8) is 0 Å². The van der Waals surface area contributed by atoms with Gasteiger partial charge in [-0.1, -0.05) is 42.0 Å². The molecular weight excluding hydrogens is 462 g/mol. The molecule has 0 aromatic heterocycles. The number of benzene rings is 3. The molecule has 0 spiro atoms. The number of carboxylic acids is 1. The highest BCUT2D eigenvalue weighted by atomic mass is 16.5. The standard InChI is InChI=1S/C27H29N3O6/c1-5-36-23(31)14-22(26(33)34)28-25(32)20-12-18-8-6-7-9-19(18)13-21(20)29-27(35)30-24-16(3)10-15(2)11-17(24)4/h6-13,22H,5,14H2,1-4H3,(H,28,32)(H,33,34)(H2,29,30,35)/t22-/m0/s1. The second-order valence-corrected chi connectivity index (χ2v) is 8.47. The van der Waals surface area contributed by atoms with Gasteiger partial charge in [-0.15, -0.1) is 0 Å². The lowest BCUT2D eigenvalue weighted by Crippen LogP contribution is -2.42. The monoisotopic (exact) mass is 491 g/mol. The van der Waals surface area contributed by atoms with Crippen LogP contribution < -0.4 is 16.0 Å². The van der Waals surface area contributed by atoms with Crippen LogP contribution in [0.25, 0.3) is 10.8 Å². The highest BCUT2D eigenvalue weighted by molar-refractivity contribution is 6.10. The first-order valence-electron chi connectivity index (χ1n) is 11.5. The predicted molar refractivity (Wildman–Crippen MR) is 137 cm³/mol. The van der Waals surface area contributed by atoms with Crippen molar-refractivity contribution in [2.24, 2.45) is 0 Å². The van der Waals surface area contributed by atoms with Crippen LogP contribution in [0, 0.1) is 20.8 Å². The summed E-state index contributed by atoms with van der Waals surface area (Å²) in [5, 5.41) is 18.9. The molecule has 0 unspecified atom stereocenters. The molecule has 0 heterocycles. The topological polar surface area (TPSA) is 134 Å². The van der Waals surface area contributed by atoms with E-state index >= 15 is 0 Å². The zero-order valence-corrected chi connectivity index (χ0v) is 20.6. The normalized spacial score (nSPS) is 11.4. The number of carbonyl (C=O) groups is 4. The quantitative estimate of drug-likeness (QED) is 0.342. The van der Waals surface area contributed by atoms with Gasteiger partial charge in [0.25, 0.3) is 5.91 Å². The van der Waals surface area contributed by atoms with Gasteiger partial charge in [0, 0.05) is 5.69 Å².